The monoisotopic (exact) mass is 1390 g/mol. The first-order valence-corrected chi connectivity index (χ1v) is 37.2. The van der Waals surface area contributed by atoms with Crippen molar-refractivity contribution < 1.29 is 0 Å². The highest BCUT2D eigenvalue weighted by molar-refractivity contribution is 6.34. The second-order valence-corrected chi connectivity index (χ2v) is 28.1. The van der Waals surface area contributed by atoms with Crippen LogP contribution in [0.2, 0.25) is 0 Å². The largest absolute Gasteiger partial charge is 0.312 e. The van der Waals surface area contributed by atoms with Gasteiger partial charge in [0.2, 0.25) is 0 Å². The van der Waals surface area contributed by atoms with Crippen LogP contribution in [0.15, 0.2) is 376 Å². The molecule has 0 aliphatic heterocycles. The van der Waals surface area contributed by atoms with E-state index in [1.54, 1.807) is 0 Å². The molecule has 4 aromatic heterocycles. The van der Waals surface area contributed by atoms with Crippen LogP contribution in [0.25, 0.3) is 98.7 Å². The summed E-state index contributed by atoms with van der Waals surface area (Å²) in [6, 6.07) is 138. The number of rotatable bonds is 16. The fourth-order valence-corrected chi connectivity index (χ4v) is 17.7. The minimum Gasteiger partial charge on any atom is -0.312 e. The van der Waals surface area contributed by atoms with Gasteiger partial charge in [-0.05, 0) is 161 Å². The summed E-state index contributed by atoms with van der Waals surface area (Å²) in [4.78, 5) is 10.3. The van der Waals surface area contributed by atoms with E-state index in [0.29, 0.717) is 0 Å². The van der Waals surface area contributed by atoms with Crippen molar-refractivity contribution >= 4 is 144 Å². The van der Waals surface area contributed by atoms with Crippen molar-refractivity contribution in [2.45, 2.75) is 27.7 Å². The molecule has 0 aliphatic rings. The van der Waals surface area contributed by atoms with Crippen molar-refractivity contribution in [1.82, 2.24) is 18.3 Å². The van der Waals surface area contributed by atoms with Crippen molar-refractivity contribution in [3.05, 3.63) is 399 Å². The molecule has 0 radical (unpaired) electrons. The van der Waals surface area contributed by atoms with E-state index in [2.05, 4.69) is 442 Å². The zero-order valence-corrected chi connectivity index (χ0v) is 60.4. The number of fused-ring (bicyclic) bond motifs is 4. The number of aromatic nitrogens is 4. The third-order valence-corrected chi connectivity index (χ3v) is 22.1. The number of hydrogen-bond donors (Lipinski definition) is 0. The predicted molar refractivity (Wildman–Crippen MR) is 455 cm³/mol. The Labute approximate surface area is 627 Å². The molecule has 20 aromatic rings. The molecule has 0 atom stereocenters. The summed E-state index contributed by atoms with van der Waals surface area (Å²) >= 11 is 0. The van der Waals surface area contributed by atoms with Gasteiger partial charge < -0.3 is 37.9 Å². The van der Waals surface area contributed by atoms with Gasteiger partial charge in [0.15, 0.2) is 0 Å². The van der Waals surface area contributed by atoms with Crippen LogP contribution in [-0.4, -0.2) is 18.3 Å². The lowest BCUT2D eigenvalue weighted by Crippen LogP contribution is -2.17. The van der Waals surface area contributed by atoms with Gasteiger partial charge >= 0.3 is 0 Å². The van der Waals surface area contributed by atoms with Crippen molar-refractivity contribution in [3.63, 3.8) is 0 Å². The summed E-state index contributed by atoms with van der Waals surface area (Å²) in [5.41, 5.74) is 25.9. The topological polar surface area (TPSA) is 32.7 Å². The summed E-state index contributed by atoms with van der Waals surface area (Å²) in [5.74, 6) is 0. The van der Waals surface area contributed by atoms with Gasteiger partial charge in [-0.2, -0.15) is 0 Å². The van der Waals surface area contributed by atoms with Crippen LogP contribution in [0.4, 0.5) is 68.2 Å². The highest BCUT2D eigenvalue weighted by Gasteiger charge is 2.35. The Balaban J connectivity index is 1.00. The summed E-state index contributed by atoms with van der Waals surface area (Å²) in [6.07, 6.45) is 0. The Bertz CT molecular complexity index is 5950. The number of hydrogen-bond acceptors (Lipinski definition) is 4. The smallest absolute Gasteiger partial charge is 0.0751 e. The van der Waals surface area contributed by atoms with E-state index < -0.39 is 0 Å². The first-order chi connectivity index (χ1) is 53.4. The van der Waals surface area contributed by atoms with Gasteiger partial charge in [-0.15, -0.1) is 0 Å². The van der Waals surface area contributed by atoms with Crippen LogP contribution < -0.4 is 19.6 Å². The van der Waals surface area contributed by atoms with E-state index in [4.69, 9.17) is 0 Å². The highest BCUT2D eigenvalue weighted by Crippen LogP contribution is 2.59. The highest BCUT2D eigenvalue weighted by atomic mass is 15.2. The van der Waals surface area contributed by atoms with Crippen LogP contribution >= 0.6 is 0 Å². The lowest BCUT2D eigenvalue weighted by Gasteiger charge is -2.35. The van der Waals surface area contributed by atoms with E-state index >= 15 is 0 Å². The summed E-state index contributed by atoms with van der Waals surface area (Å²) in [6.45, 7) is 9.20. The van der Waals surface area contributed by atoms with Gasteiger partial charge in [-0.25, -0.2) is 0 Å². The molecule has 0 N–H and O–H groups in total. The molecule has 108 heavy (non-hydrogen) atoms. The van der Waals surface area contributed by atoms with Crippen LogP contribution in [0.3, 0.4) is 0 Å². The third kappa shape index (κ3) is 9.98. The Morgan fingerprint density at radius 1 is 0.176 bits per heavy atom. The van der Waals surface area contributed by atoms with Crippen LogP contribution in [0.5, 0.6) is 0 Å². The van der Waals surface area contributed by atoms with Gasteiger partial charge in [0.1, 0.15) is 0 Å². The third-order valence-electron chi connectivity index (χ3n) is 22.1. The van der Waals surface area contributed by atoms with Gasteiger partial charge in [0.05, 0.1) is 67.6 Å². The van der Waals surface area contributed by atoms with Crippen molar-refractivity contribution in [3.8, 4) is 22.7 Å². The summed E-state index contributed by atoms with van der Waals surface area (Å²) in [7, 11) is 0. The standard InChI is InChI=1S/C100H74N8/c1-67-97(83-53-29-33-57-87(83)101(67)71-37-13-5-14-38-71)105(75-45-21-9-22-46-75)91-65-92(106(76-47-23-10-24-48-76)98-68(2)102(72-39-15-6-16-40-72)88-58-34-30-54-84(88)98)80-63-64-82-94(108(78-51-27-12-28-52-78)100-70(4)104(74-43-19-8-20-44-74)90-60-36-32-56-86(90)100)66-93(81-62-61-79(91)95(80)96(81)82)107(77-49-25-11-26-50-77)99-69(3)103(73-41-17-7-18-42-73)89-59-35-31-55-85(89)99/h5-66H,1-4H3. The second kappa shape index (κ2) is 26.0. The van der Waals surface area contributed by atoms with E-state index in [1.165, 1.54) is 0 Å². The van der Waals surface area contributed by atoms with Gasteiger partial charge in [-0.3, -0.25) is 0 Å². The van der Waals surface area contributed by atoms with Crippen molar-refractivity contribution in [2.75, 3.05) is 19.6 Å². The fraction of sp³-hybridized carbons (Fsp3) is 0.0400. The molecule has 0 saturated carbocycles. The Morgan fingerprint density at radius 3 is 0.556 bits per heavy atom. The molecular formula is C100H74N8. The molecule has 0 fully saturated rings. The maximum Gasteiger partial charge on any atom is 0.0751 e. The molecule has 0 aliphatic carbocycles. The van der Waals surface area contributed by atoms with E-state index in [1.807, 2.05) is 0 Å². The maximum atomic E-state index is 2.58. The van der Waals surface area contributed by atoms with E-state index in [-0.39, 0.29) is 0 Å². The quantitative estimate of drug-likeness (QED) is 0.0903. The molecule has 8 nitrogen and oxygen atoms in total. The van der Waals surface area contributed by atoms with Gasteiger partial charge in [0, 0.05) is 122 Å². The molecule has 0 unspecified atom stereocenters. The van der Waals surface area contributed by atoms with E-state index in [0.717, 1.165) is 190 Å². The molecule has 514 valence electrons. The Kier molecular flexibility index (Phi) is 15.3. The van der Waals surface area contributed by atoms with Crippen LogP contribution in [-0.2, 0) is 0 Å². The van der Waals surface area contributed by atoms with Crippen molar-refractivity contribution in [2.24, 2.45) is 0 Å². The first-order valence-electron chi connectivity index (χ1n) is 37.2. The number of benzene rings is 16. The molecule has 0 spiro atoms. The molecule has 8 heteroatoms. The second-order valence-electron chi connectivity index (χ2n) is 28.1. The lowest BCUT2D eigenvalue weighted by atomic mass is 9.89. The molecule has 0 bridgehead atoms. The summed E-state index contributed by atoms with van der Waals surface area (Å²) < 4.78 is 9.77. The van der Waals surface area contributed by atoms with Crippen molar-refractivity contribution in [1.29, 1.82) is 0 Å². The molecule has 16 aromatic carbocycles. The van der Waals surface area contributed by atoms with Gasteiger partial charge in [-0.1, -0.05) is 243 Å². The predicted octanol–water partition coefficient (Wildman–Crippen LogP) is 27.5. The zero-order valence-electron chi connectivity index (χ0n) is 60.4. The van der Waals surface area contributed by atoms with Crippen LogP contribution in [0.1, 0.15) is 22.8 Å². The Morgan fingerprint density at radius 2 is 0.352 bits per heavy atom. The molecule has 0 saturated heterocycles. The minimum atomic E-state index is 1.03. The average molecular weight is 1390 g/mol. The number of anilines is 12. The minimum absolute atomic E-state index is 1.03. The lowest BCUT2D eigenvalue weighted by molar-refractivity contribution is 1.04. The fourth-order valence-electron chi connectivity index (χ4n) is 17.7. The van der Waals surface area contributed by atoms with E-state index in [9.17, 15) is 0 Å². The molecule has 20 rings (SSSR count). The summed E-state index contributed by atoms with van der Waals surface area (Å²) in [5, 5.41) is 11.2. The molecule has 4 heterocycles. The normalized spacial score (nSPS) is 11.7. The van der Waals surface area contributed by atoms with Gasteiger partial charge in [0.25, 0.3) is 0 Å². The first kappa shape index (κ1) is 63.6. The average Bonchev–Trinajstić information content (AvgIpc) is 1.40. The zero-order chi connectivity index (χ0) is 72.1. The van der Waals surface area contributed by atoms with Crippen LogP contribution in [0, 0.1) is 27.7 Å². The Hall–Kier alpha value is -14.1. The number of para-hydroxylation sites is 12. The number of nitrogens with zero attached hydrogens (tertiary/aromatic N) is 8. The molecular weight excluding hydrogens is 1310 g/mol. The maximum absolute atomic E-state index is 2.58. The molecule has 0 amide bonds. The SMILES string of the molecule is Cc1c(N(c2ccccc2)c2cc(N(c3ccccc3)c3c(C)n(-c4ccccc4)c4ccccc34)c3ccc4c(N(c5ccccc5)c5c(C)n(-c6ccccc6)c6ccccc56)cc(N(c5ccccc5)c5c(C)n(-c6ccccc6)c6ccccc56)c5ccc2c3c54)c2ccccc2n1-c1ccccc1.